The zero-order valence-corrected chi connectivity index (χ0v) is 12.1. The van der Waals surface area contributed by atoms with E-state index in [2.05, 4.69) is 37.2 Å². The van der Waals surface area contributed by atoms with Crippen LogP contribution in [0.25, 0.3) is 0 Å². The maximum absolute atomic E-state index is 11.6. The van der Waals surface area contributed by atoms with Crippen LogP contribution >= 0.6 is 31.9 Å². The summed E-state index contributed by atoms with van der Waals surface area (Å²) in [7, 11) is 0. The minimum Gasteiger partial charge on any atom is -0.327 e. The summed E-state index contributed by atoms with van der Waals surface area (Å²) in [4.78, 5) is 11.6. The van der Waals surface area contributed by atoms with E-state index in [1.807, 2.05) is 25.1 Å². The molecule has 0 saturated heterocycles. The zero-order valence-electron chi connectivity index (χ0n) is 8.97. The quantitative estimate of drug-likeness (QED) is 0.876. The molecule has 0 bridgehead atoms. The molecule has 3 N–H and O–H groups in total. The van der Waals surface area contributed by atoms with Crippen LogP contribution in [0.4, 0.5) is 5.69 Å². The van der Waals surface area contributed by atoms with E-state index < -0.39 is 0 Å². The molecule has 1 rings (SSSR count). The Balaban J connectivity index is 2.65. The Morgan fingerprint density at radius 3 is 2.81 bits per heavy atom. The second-order valence-electron chi connectivity index (χ2n) is 3.54. The summed E-state index contributed by atoms with van der Waals surface area (Å²) in [6.45, 7) is 1.97. The highest BCUT2D eigenvalue weighted by Gasteiger charge is 2.09. The van der Waals surface area contributed by atoms with E-state index in [-0.39, 0.29) is 11.9 Å². The molecule has 1 unspecified atom stereocenters. The van der Waals surface area contributed by atoms with Gasteiger partial charge in [0.25, 0.3) is 0 Å². The smallest absolute Gasteiger partial charge is 0.225 e. The second kappa shape index (κ2) is 6.37. The number of carbonyl (C=O) groups is 1. The molecule has 1 aromatic carbocycles. The lowest BCUT2D eigenvalue weighted by Gasteiger charge is -2.10. The van der Waals surface area contributed by atoms with Crippen LogP contribution in [-0.2, 0) is 4.79 Å². The van der Waals surface area contributed by atoms with Crippen molar-refractivity contribution in [3.05, 3.63) is 27.1 Å². The van der Waals surface area contributed by atoms with Gasteiger partial charge in [-0.25, -0.2) is 0 Å². The first-order valence-electron chi connectivity index (χ1n) is 5.03. The monoisotopic (exact) mass is 348 g/mol. The molecule has 1 aromatic rings. The van der Waals surface area contributed by atoms with E-state index in [0.29, 0.717) is 6.42 Å². The van der Waals surface area contributed by atoms with Gasteiger partial charge < -0.3 is 11.1 Å². The number of carbonyl (C=O) groups excluding carboxylic acids is 1. The molecule has 0 aromatic heterocycles. The lowest BCUT2D eigenvalue weighted by atomic mass is 10.1. The van der Waals surface area contributed by atoms with Crippen LogP contribution in [0, 0.1) is 0 Å². The van der Waals surface area contributed by atoms with Gasteiger partial charge in [0.15, 0.2) is 0 Å². The molecule has 0 aliphatic carbocycles. The number of nitrogens with one attached hydrogen (secondary N) is 1. The van der Waals surface area contributed by atoms with Gasteiger partial charge in [-0.2, -0.15) is 0 Å². The van der Waals surface area contributed by atoms with E-state index in [9.17, 15) is 4.79 Å². The number of anilines is 1. The van der Waals surface area contributed by atoms with Gasteiger partial charge in [0.2, 0.25) is 5.91 Å². The van der Waals surface area contributed by atoms with Crippen molar-refractivity contribution in [1.29, 1.82) is 0 Å². The Morgan fingerprint density at radius 2 is 2.19 bits per heavy atom. The highest BCUT2D eigenvalue weighted by molar-refractivity contribution is 9.11. The molecule has 88 valence electrons. The van der Waals surface area contributed by atoms with Crippen LogP contribution in [0.1, 0.15) is 19.8 Å². The van der Waals surface area contributed by atoms with Crippen molar-refractivity contribution in [3.63, 3.8) is 0 Å². The summed E-state index contributed by atoms with van der Waals surface area (Å²) in [5.74, 6) is -0.0619. The van der Waals surface area contributed by atoms with Gasteiger partial charge in [-0.05, 0) is 40.5 Å². The van der Waals surface area contributed by atoms with Crippen LogP contribution in [0.5, 0.6) is 0 Å². The van der Waals surface area contributed by atoms with Gasteiger partial charge in [0.05, 0.1) is 5.69 Å². The molecule has 1 atom stereocenters. The molecule has 0 aliphatic heterocycles. The van der Waals surface area contributed by atoms with Crippen molar-refractivity contribution in [2.75, 3.05) is 5.32 Å². The Hall–Kier alpha value is -0.390. The minimum atomic E-state index is -0.0778. The maximum Gasteiger partial charge on any atom is 0.225 e. The largest absolute Gasteiger partial charge is 0.327 e. The molecular formula is C11H14Br2N2O. The standard InChI is InChI=1S/C11H14Br2N2O/c1-2-8(14)6-11(16)15-10-5-7(12)3-4-9(10)13/h3-5,8H,2,6,14H2,1H3,(H,15,16). The Bertz CT molecular complexity index is 382. The Kier molecular flexibility index (Phi) is 5.44. The van der Waals surface area contributed by atoms with Crippen LogP contribution in [-0.4, -0.2) is 11.9 Å². The van der Waals surface area contributed by atoms with E-state index >= 15 is 0 Å². The van der Waals surface area contributed by atoms with Crippen LogP contribution in [0.3, 0.4) is 0 Å². The number of nitrogens with two attached hydrogens (primary N) is 1. The average molecular weight is 350 g/mol. The Morgan fingerprint density at radius 1 is 1.50 bits per heavy atom. The molecule has 0 spiro atoms. The topological polar surface area (TPSA) is 55.1 Å². The van der Waals surface area contributed by atoms with Crippen LogP contribution in [0.15, 0.2) is 27.1 Å². The SMILES string of the molecule is CCC(N)CC(=O)Nc1cc(Br)ccc1Br. The molecule has 3 nitrogen and oxygen atoms in total. The number of hydrogen-bond donors (Lipinski definition) is 2. The zero-order chi connectivity index (χ0) is 12.1. The van der Waals surface area contributed by atoms with Gasteiger partial charge in [-0.15, -0.1) is 0 Å². The molecule has 16 heavy (non-hydrogen) atoms. The molecule has 0 radical (unpaired) electrons. The summed E-state index contributed by atoms with van der Waals surface area (Å²) in [5, 5.41) is 2.82. The van der Waals surface area contributed by atoms with Gasteiger partial charge in [-0.3, -0.25) is 4.79 Å². The first-order valence-corrected chi connectivity index (χ1v) is 6.62. The van der Waals surface area contributed by atoms with Crippen molar-refractivity contribution < 1.29 is 4.79 Å². The summed E-state index contributed by atoms with van der Waals surface area (Å²) >= 11 is 6.73. The average Bonchev–Trinajstić information content (AvgIpc) is 2.23. The highest BCUT2D eigenvalue weighted by Crippen LogP contribution is 2.26. The number of amides is 1. The van der Waals surface area contributed by atoms with Crippen molar-refractivity contribution in [2.45, 2.75) is 25.8 Å². The first kappa shape index (κ1) is 13.7. The van der Waals surface area contributed by atoms with Crippen LogP contribution in [0.2, 0.25) is 0 Å². The molecule has 0 saturated carbocycles. The van der Waals surface area contributed by atoms with Gasteiger partial charge in [-0.1, -0.05) is 22.9 Å². The summed E-state index contributed by atoms with van der Waals surface area (Å²) in [6, 6.07) is 5.54. The molecule has 0 aliphatic rings. The minimum absolute atomic E-state index is 0.0619. The van der Waals surface area contributed by atoms with Gasteiger partial charge >= 0.3 is 0 Å². The van der Waals surface area contributed by atoms with Gasteiger partial charge in [0.1, 0.15) is 0 Å². The third-order valence-electron chi connectivity index (χ3n) is 2.17. The van der Waals surface area contributed by atoms with Crippen molar-refractivity contribution in [3.8, 4) is 0 Å². The molecule has 5 heteroatoms. The van der Waals surface area contributed by atoms with E-state index in [0.717, 1.165) is 21.1 Å². The first-order chi connectivity index (χ1) is 7.52. The van der Waals surface area contributed by atoms with Crippen molar-refractivity contribution in [1.82, 2.24) is 0 Å². The number of hydrogen-bond acceptors (Lipinski definition) is 2. The Labute approximate surface area is 112 Å². The number of rotatable bonds is 4. The van der Waals surface area contributed by atoms with E-state index in [4.69, 9.17) is 5.73 Å². The van der Waals surface area contributed by atoms with Crippen LogP contribution < -0.4 is 11.1 Å². The maximum atomic E-state index is 11.6. The van der Waals surface area contributed by atoms with Crippen molar-refractivity contribution in [2.24, 2.45) is 5.73 Å². The lowest BCUT2D eigenvalue weighted by Crippen LogP contribution is -2.26. The van der Waals surface area contributed by atoms with E-state index in [1.54, 1.807) is 0 Å². The summed E-state index contributed by atoms with van der Waals surface area (Å²) < 4.78 is 1.78. The highest BCUT2D eigenvalue weighted by atomic mass is 79.9. The van der Waals surface area contributed by atoms with Gasteiger partial charge in [0, 0.05) is 21.4 Å². The summed E-state index contributed by atoms with van der Waals surface area (Å²) in [5.41, 5.74) is 6.47. The third-order valence-corrected chi connectivity index (χ3v) is 3.36. The fourth-order valence-electron chi connectivity index (χ4n) is 1.18. The normalized spacial score (nSPS) is 12.2. The molecule has 0 fully saturated rings. The fraction of sp³-hybridized carbons (Fsp3) is 0.364. The predicted octanol–water partition coefficient (Wildman–Crippen LogP) is 3.28. The number of halogens is 2. The molecule has 0 heterocycles. The fourth-order valence-corrected chi connectivity index (χ4v) is 1.88. The number of benzene rings is 1. The molecule has 1 amide bonds. The summed E-state index contributed by atoms with van der Waals surface area (Å²) in [6.07, 6.45) is 1.14. The predicted molar refractivity (Wildman–Crippen MR) is 73.4 cm³/mol. The lowest BCUT2D eigenvalue weighted by molar-refractivity contribution is -0.116. The van der Waals surface area contributed by atoms with E-state index in [1.165, 1.54) is 0 Å². The second-order valence-corrected chi connectivity index (χ2v) is 5.31. The third kappa shape index (κ3) is 4.23. The van der Waals surface area contributed by atoms with Crippen molar-refractivity contribution >= 4 is 43.5 Å². The molecular weight excluding hydrogens is 336 g/mol.